The van der Waals surface area contributed by atoms with E-state index in [1.54, 1.807) is 0 Å². The minimum Gasteiger partial charge on any atom is -0.357 e. The molecule has 6 rings (SSSR count). The van der Waals surface area contributed by atoms with Crippen LogP contribution in [0.15, 0.2) is 42.9 Å². The number of hydrogen-bond donors (Lipinski definition) is 2. The summed E-state index contributed by atoms with van der Waals surface area (Å²) in [5.41, 5.74) is 3.76. The molecule has 1 saturated carbocycles. The Kier molecular flexibility index (Phi) is 3.92. The average Bonchev–Trinajstić information content (AvgIpc) is 3.16. The van der Waals surface area contributed by atoms with E-state index in [1.165, 1.54) is 31.4 Å². The van der Waals surface area contributed by atoms with Crippen molar-refractivity contribution in [3.63, 3.8) is 0 Å². The number of hydrogen-bond acceptors (Lipinski definition) is 4. The van der Waals surface area contributed by atoms with E-state index in [1.807, 2.05) is 36.8 Å². The number of amides is 1. The summed E-state index contributed by atoms with van der Waals surface area (Å²) in [7, 11) is 2.16. The van der Waals surface area contributed by atoms with Crippen LogP contribution in [0.3, 0.4) is 0 Å². The van der Waals surface area contributed by atoms with Crippen LogP contribution in [-0.4, -0.2) is 43.8 Å². The summed E-state index contributed by atoms with van der Waals surface area (Å²) in [4.78, 5) is 27.7. The van der Waals surface area contributed by atoms with Crippen LogP contribution in [0.4, 0.5) is 5.82 Å². The number of fused-ring (bicyclic) bond motifs is 2. The number of H-pyrrole nitrogens is 1. The van der Waals surface area contributed by atoms with Crippen molar-refractivity contribution in [2.75, 3.05) is 18.9 Å². The molecule has 7 heteroatoms. The van der Waals surface area contributed by atoms with Crippen LogP contribution in [0.2, 0.25) is 0 Å². The summed E-state index contributed by atoms with van der Waals surface area (Å²) in [6.07, 6.45) is 10.4. The van der Waals surface area contributed by atoms with E-state index in [2.05, 4.69) is 42.7 Å². The number of carbonyl (C=O) groups excluding carboxylic acids is 1. The number of nitrogens with zero attached hydrogens (tertiary/aromatic N) is 4. The van der Waals surface area contributed by atoms with Crippen molar-refractivity contribution in [3.05, 3.63) is 59.9 Å². The number of carbonyl (C=O) groups is 1. The Balaban J connectivity index is 1.24. The van der Waals surface area contributed by atoms with E-state index in [0.29, 0.717) is 23.3 Å². The van der Waals surface area contributed by atoms with Crippen molar-refractivity contribution < 1.29 is 4.79 Å². The summed E-state index contributed by atoms with van der Waals surface area (Å²) in [6.45, 7) is 1.13. The van der Waals surface area contributed by atoms with Gasteiger partial charge in [-0.25, -0.2) is 9.97 Å². The lowest BCUT2D eigenvalue weighted by Gasteiger charge is -2.17. The van der Waals surface area contributed by atoms with Crippen LogP contribution in [0.5, 0.6) is 0 Å². The van der Waals surface area contributed by atoms with Crippen LogP contribution >= 0.6 is 0 Å². The topological polar surface area (TPSA) is 78.3 Å². The third-order valence-electron chi connectivity index (χ3n) is 6.41. The van der Waals surface area contributed by atoms with Crippen molar-refractivity contribution in [2.45, 2.75) is 37.6 Å². The highest BCUT2D eigenvalue weighted by molar-refractivity contribution is 6.05. The lowest BCUT2D eigenvalue weighted by molar-refractivity contribution is 0.102. The maximum absolute atomic E-state index is 12.8. The van der Waals surface area contributed by atoms with Gasteiger partial charge >= 0.3 is 0 Å². The third-order valence-corrected chi connectivity index (χ3v) is 6.41. The largest absolute Gasteiger partial charge is 0.357 e. The highest BCUT2D eigenvalue weighted by atomic mass is 16.1. The molecule has 2 N–H and O–H groups in total. The molecular weight excluding hydrogens is 376 g/mol. The molecule has 152 valence electrons. The molecule has 0 radical (unpaired) electrons. The minimum absolute atomic E-state index is 0.166. The molecule has 2 aliphatic rings. The number of likely N-dealkylation sites (tertiary alicyclic amines) is 1. The lowest BCUT2D eigenvalue weighted by Crippen LogP contribution is -2.17. The normalized spacial score (nSPS) is 19.7. The SMILES string of the molecule is CN1CCC[C@@H]1c1cc2cnc(NC(=O)c3ccn4c(C5CC5)ncc4c3)cc2[nH]1. The van der Waals surface area contributed by atoms with E-state index in [-0.39, 0.29) is 5.91 Å². The molecule has 0 unspecified atom stereocenters. The van der Waals surface area contributed by atoms with E-state index in [9.17, 15) is 4.79 Å². The first-order chi connectivity index (χ1) is 14.7. The molecule has 0 spiro atoms. The molecule has 2 fully saturated rings. The van der Waals surface area contributed by atoms with Gasteiger partial charge in [-0.2, -0.15) is 0 Å². The molecule has 30 heavy (non-hydrogen) atoms. The van der Waals surface area contributed by atoms with E-state index < -0.39 is 0 Å². The molecular formula is C23H24N6O. The zero-order chi connectivity index (χ0) is 20.2. The molecule has 4 aromatic rings. The molecule has 1 amide bonds. The maximum Gasteiger partial charge on any atom is 0.256 e. The van der Waals surface area contributed by atoms with E-state index >= 15 is 0 Å². The van der Waals surface area contributed by atoms with Crippen LogP contribution in [0.1, 0.15) is 59.5 Å². The molecule has 1 saturated heterocycles. The summed E-state index contributed by atoms with van der Waals surface area (Å²) in [5, 5.41) is 4.00. The van der Waals surface area contributed by atoms with Gasteiger partial charge < -0.3 is 14.7 Å². The average molecular weight is 400 g/mol. The zero-order valence-electron chi connectivity index (χ0n) is 16.9. The van der Waals surface area contributed by atoms with Gasteiger partial charge in [-0.3, -0.25) is 9.69 Å². The Morgan fingerprint density at radius 1 is 1.17 bits per heavy atom. The van der Waals surface area contributed by atoms with Crippen molar-refractivity contribution in [1.82, 2.24) is 24.3 Å². The number of anilines is 1. The minimum atomic E-state index is -0.166. The quantitative estimate of drug-likeness (QED) is 0.540. The first-order valence-corrected chi connectivity index (χ1v) is 10.6. The number of rotatable bonds is 4. The summed E-state index contributed by atoms with van der Waals surface area (Å²) in [6, 6.07) is 8.24. The van der Waals surface area contributed by atoms with Gasteiger partial charge in [0.1, 0.15) is 11.6 Å². The molecule has 0 aromatic carbocycles. The second-order valence-corrected chi connectivity index (χ2v) is 8.58. The Morgan fingerprint density at radius 3 is 2.87 bits per heavy atom. The van der Waals surface area contributed by atoms with Crippen LogP contribution in [0.25, 0.3) is 16.4 Å². The molecule has 0 bridgehead atoms. The third kappa shape index (κ3) is 2.97. The Labute approximate surface area is 174 Å². The van der Waals surface area contributed by atoms with Gasteiger partial charge in [-0.1, -0.05) is 0 Å². The van der Waals surface area contributed by atoms with Gasteiger partial charge in [-0.05, 0) is 57.5 Å². The van der Waals surface area contributed by atoms with Crippen LogP contribution < -0.4 is 5.32 Å². The first kappa shape index (κ1) is 17.7. The second kappa shape index (κ2) is 6.67. The fourth-order valence-corrected chi connectivity index (χ4v) is 4.59. The van der Waals surface area contributed by atoms with Crippen molar-refractivity contribution >= 4 is 28.1 Å². The second-order valence-electron chi connectivity index (χ2n) is 8.58. The fourth-order valence-electron chi connectivity index (χ4n) is 4.59. The van der Waals surface area contributed by atoms with E-state index in [0.717, 1.165) is 28.8 Å². The van der Waals surface area contributed by atoms with Crippen molar-refractivity contribution in [1.29, 1.82) is 0 Å². The van der Waals surface area contributed by atoms with Gasteiger partial charge in [0.05, 0.1) is 17.2 Å². The summed E-state index contributed by atoms with van der Waals surface area (Å²) in [5.74, 6) is 2.05. The number of pyridine rings is 2. The first-order valence-electron chi connectivity index (χ1n) is 10.6. The molecule has 4 aromatic heterocycles. The van der Waals surface area contributed by atoms with Crippen LogP contribution in [0, 0.1) is 0 Å². The van der Waals surface area contributed by atoms with E-state index in [4.69, 9.17) is 0 Å². The Morgan fingerprint density at radius 2 is 2.07 bits per heavy atom. The number of aromatic nitrogens is 4. The van der Waals surface area contributed by atoms with Gasteiger partial charge in [0, 0.05) is 47.1 Å². The van der Waals surface area contributed by atoms with Gasteiger partial charge in [0.15, 0.2) is 0 Å². The van der Waals surface area contributed by atoms with Gasteiger partial charge in [-0.15, -0.1) is 0 Å². The number of imidazole rings is 1. The van der Waals surface area contributed by atoms with Crippen molar-refractivity contribution in [2.24, 2.45) is 0 Å². The predicted molar refractivity (Wildman–Crippen MR) is 116 cm³/mol. The Hall–Kier alpha value is -3.19. The number of nitrogens with one attached hydrogen (secondary N) is 2. The highest BCUT2D eigenvalue weighted by Gasteiger charge is 2.28. The highest BCUT2D eigenvalue weighted by Crippen LogP contribution is 2.39. The standard InChI is InChI=1S/C23H24N6O/c1-28-7-2-3-20(28)19-10-16-12-24-21(11-18(16)26-19)27-23(30)15-6-8-29-17(9-15)13-25-22(29)14-4-5-14/h6,8-14,20,26H,2-5,7H2,1H3,(H,24,27,30)/t20-/m1/s1. The smallest absolute Gasteiger partial charge is 0.256 e. The number of aromatic amines is 1. The lowest BCUT2D eigenvalue weighted by atomic mass is 10.1. The zero-order valence-corrected chi connectivity index (χ0v) is 16.9. The van der Waals surface area contributed by atoms with Crippen molar-refractivity contribution in [3.8, 4) is 0 Å². The fraction of sp³-hybridized carbons (Fsp3) is 0.348. The predicted octanol–water partition coefficient (Wildman–Crippen LogP) is 4.11. The molecule has 1 aliphatic carbocycles. The Bertz CT molecular complexity index is 1270. The summed E-state index contributed by atoms with van der Waals surface area (Å²) >= 11 is 0. The van der Waals surface area contributed by atoms with Gasteiger partial charge in [0.2, 0.25) is 0 Å². The summed E-state index contributed by atoms with van der Waals surface area (Å²) < 4.78 is 2.08. The monoisotopic (exact) mass is 400 g/mol. The van der Waals surface area contributed by atoms with Crippen LogP contribution in [-0.2, 0) is 0 Å². The molecule has 1 atom stereocenters. The van der Waals surface area contributed by atoms with Gasteiger partial charge in [0.25, 0.3) is 5.91 Å². The molecule has 1 aliphatic heterocycles. The maximum atomic E-state index is 12.8. The molecule has 7 nitrogen and oxygen atoms in total. The molecule has 5 heterocycles.